The number of ether oxygens (including phenoxy) is 1. The first kappa shape index (κ1) is 14.2. The van der Waals surface area contributed by atoms with Crippen molar-refractivity contribution < 1.29 is 9.53 Å². The molecule has 108 valence electrons. The van der Waals surface area contributed by atoms with Crippen molar-refractivity contribution in [2.24, 2.45) is 0 Å². The Balaban J connectivity index is 1.93. The molecule has 0 bridgehead atoms. The molecule has 2 rings (SSSR count). The normalized spacial score (nSPS) is 12.3. The van der Waals surface area contributed by atoms with Crippen LogP contribution >= 0.6 is 0 Å². The van der Waals surface area contributed by atoms with Crippen molar-refractivity contribution >= 4 is 17.4 Å². The average Bonchev–Trinajstić information content (AvgIpc) is 2.78. The molecule has 2 heterocycles. The van der Waals surface area contributed by atoms with Crippen molar-refractivity contribution in [1.82, 2.24) is 19.8 Å². The zero-order valence-corrected chi connectivity index (χ0v) is 12.0. The molecule has 0 aliphatic rings. The summed E-state index contributed by atoms with van der Waals surface area (Å²) in [5.41, 5.74) is 0.715. The molecule has 0 spiro atoms. The third-order valence-electron chi connectivity index (χ3n) is 2.90. The van der Waals surface area contributed by atoms with Crippen LogP contribution in [0.4, 0.5) is 5.82 Å². The van der Waals surface area contributed by atoms with E-state index in [1.165, 1.54) is 0 Å². The molecule has 0 aliphatic heterocycles. The number of rotatable bonds is 6. The number of esters is 1. The smallest absolute Gasteiger partial charge is 0.305 e. The van der Waals surface area contributed by atoms with Gasteiger partial charge < -0.3 is 10.1 Å². The number of hydrogen-bond donors (Lipinski definition) is 1. The van der Waals surface area contributed by atoms with Crippen LogP contribution in [0.15, 0.2) is 12.1 Å². The van der Waals surface area contributed by atoms with E-state index in [-0.39, 0.29) is 12.0 Å². The molecule has 20 heavy (non-hydrogen) atoms. The van der Waals surface area contributed by atoms with E-state index >= 15 is 0 Å². The van der Waals surface area contributed by atoms with E-state index in [0.717, 1.165) is 11.6 Å². The Morgan fingerprint density at radius 2 is 2.25 bits per heavy atom. The summed E-state index contributed by atoms with van der Waals surface area (Å²) in [5.74, 6) is 1.30. The van der Waals surface area contributed by atoms with Gasteiger partial charge in [-0.15, -0.1) is 15.3 Å². The zero-order valence-electron chi connectivity index (χ0n) is 12.0. The molecule has 0 aromatic carbocycles. The first-order valence-corrected chi connectivity index (χ1v) is 6.71. The molecular formula is C13H19N5O2. The molecule has 7 nitrogen and oxygen atoms in total. The number of carbonyl (C=O) groups is 1. The summed E-state index contributed by atoms with van der Waals surface area (Å²) in [5, 5.41) is 15.6. The lowest BCUT2D eigenvalue weighted by Gasteiger charge is -2.13. The molecule has 0 amide bonds. The summed E-state index contributed by atoms with van der Waals surface area (Å²) in [6.45, 7) is 6.08. The van der Waals surface area contributed by atoms with Gasteiger partial charge in [-0.05, 0) is 39.3 Å². The lowest BCUT2D eigenvalue weighted by Crippen LogP contribution is -2.19. The first-order chi connectivity index (χ1) is 9.60. The number of nitrogens with zero attached hydrogens (tertiary/aromatic N) is 4. The number of aryl methyl sites for hydroxylation is 1. The fourth-order valence-corrected chi connectivity index (χ4v) is 1.87. The summed E-state index contributed by atoms with van der Waals surface area (Å²) >= 11 is 0. The molecule has 1 N–H and O–H groups in total. The van der Waals surface area contributed by atoms with Gasteiger partial charge in [0.15, 0.2) is 11.5 Å². The highest BCUT2D eigenvalue weighted by Gasteiger charge is 2.09. The molecule has 0 aliphatic carbocycles. The van der Waals surface area contributed by atoms with Crippen LogP contribution in [0.3, 0.4) is 0 Å². The quantitative estimate of drug-likeness (QED) is 0.807. The van der Waals surface area contributed by atoms with Gasteiger partial charge >= 0.3 is 5.97 Å². The Morgan fingerprint density at radius 1 is 1.45 bits per heavy atom. The number of nitrogens with one attached hydrogen (secondary N) is 1. The number of hydrogen-bond acceptors (Lipinski definition) is 6. The minimum atomic E-state index is -0.167. The van der Waals surface area contributed by atoms with Crippen molar-refractivity contribution in [3.63, 3.8) is 0 Å². The fraction of sp³-hybridized carbons (Fsp3) is 0.538. The third kappa shape index (κ3) is 3.43. The van der Waals surface area contributed by atoms with Crippen molar-refractivity contribution in [2.75, 3.05) is 11.9 Å². The van der Waals surface area contributed by atoms with Gasteiger partial charge in [-0.2, -0.15) is 4.52 Å². The monoisotopic (exact) mass is 277 g/mol. The maximum Gasteiger partial charge on any atom is 0.305 e. The van der Waals surface area contributed by atoms with Crippen LogP contribution in [-0.4, -0.2) is 38.4 Å². The first-order valence-electron chi connectivity index (χ1n) is 6.71. The molecule has 1 atom stereocenters. The molecule has 2 aromatic rings. The summed E-state index contributed by atoms with van der Waals surface area (Å²) in [4.78, 5) is 11.3. The van der Waals surface area contributed by atoms with Crippen molar-refractivity contribution in [3.8, 4) is 0 Å². The second kappa shape index (κ2) is 6.31. The van der Waals surface area contributed by atoms with Crippen LogP contribution in [0.2, 0.25) is 0 Å². The number of fused-ring (bicyclic) bond motifs is 1. The van der Waals surface area contributed by atoms with E-state index in [1.807, 2.05) is 26.0 Å². The summed E-state index contributed by atoms with van der Waals surface area (Å²) < 4.78 is 6.58. The van der Waals surface area contributed by atoms with Crippen molar-refractivity contribution in [1.29, 1.82) is 0 Å². The largest absolute Gasteiger partial charge is 0.466 e. The van der Waals surface area contributed by atoms with E-state index in [1.54, 1.807) is 11.4 Å². The molecule has 0 saturated heterocycles. The second-order valence-electron chi connectivity index (χ2n) is 4.62. The van der Waals surface area contributed by atoms with Gasteiger partial charge in [0, 0.05) is 12.5 Å². The molecule has 0 radical (unpaired) electrons. The maximum atomic E-state index is 11.3. The number of aromatic nitrogens is 4. The molecule has 2 aromatic heterocycles. The SMILES string of the molecule is CCOC(=O)CCC(C)Nc1ccc2nnc(C)n2n1. The summed E-state index contributed by atoms with van der Waals surface area (Å²) in [6, 6.07) is 3.83. The minimum absolute atomic E-state index is 0.126. The Labute approximate surface area is 117 Å². The highest BCUT2D eigenvalue weighted by molar-refractivity contribution is 5.69. The van der Waals surface area contributed by atoms with Gasteiger partial charge in [0.25, 0.3) is 0 Å². The average molecular weight is 277 g/mol. The second-order valence-corrected chi connectivity index (χ2v) is 4.62. The Kier molecular flexibility index (Phi) is 4.49. The highest BCUT2D eigenvalue weighted by Crippen LogP contribution is 2.10. The Bertz CT molecular complexity index is 595. The molecule has 1 unspecified atom stereocenters. The topological polar surface area (TPSA) is 81.4 Å². The molecule has 7 heteroatoms. The standard InChI is InChI=1S/C13H19N5O2/c1-4-20-13(19)8-5-9(2)14-11-6-7-12-16-15-10(3)18(12)17-11/h6-7,9H,4-5,8H2,1-3H3,(H,14,17). The van der Waals surface area contributed by atoms with Gasteiger partial charge in [-0.3, -0.25) is 4.79 Å². The van der Waals surface area contributed by atoms with Gasteiger partial charge in [-0.25, -0.2) is 0 Å². The Morgan fingerprint density at radius 3 is 3.00 bits per heavy atom. The zero-order chi connectivity index (χ0) is 14.5. The molecular weight excluding hydrogens is 258 g/mol. The number of anilines is 1. The van der Waals surface area contributed by atoms with E-state index in [4.69, 9.17) is 4.74 Å². The predicted molar refractivity (Wildman–Crippen MR) is 74.5 cm³/mol. The van der Waals surface area contributed by atoms with Gasteiger partial charge in [-0.1, -0.05) is 0 Å². The van der Waals surface area contributed by atoms with Crippen LogP contribution in [0.1, 0.15) is 32.5 Å². The summed E-state index contributed by atoms with van der Waals surface area (Å²) in [7, 11) is 0. The minimum Gasteiger partial charge on any atom is -0.466 e. The highest BCUT2D eigenvalue weighted by atomic mass is 16.5. The predicted octanol–water partition coefficient (Wildman–Crippen LogP) is 1.58. The van der Waals surface area contributed by atoms with Crippen LogP contribution in [0.5, 0.6) is 0 Å². The van der Waals surface area contributed by atoms with Crippen LogP contribution in [0, 0.1) is 6.92 Å². The summed E-state index contributed by atoms with van der Waals surface area (Å²) in [6.07, 6.45) is 1.09. The van der Waals surface area contributed by atoms with Crippen LogP contribution in [-0.2, 0) is 9.53 Å². The van der Waals surface area contributed by atoms with E-state index in [2.05, 4.69) is 20.6 Å². The molecule has 0 fully saturated rings. The van der Waals surface area contributed by atoms with E-state index < -0.39 is 0 Å². The van der Waals surface area contributed by atoms with Gasteiger partial charge in [0.1, 0.15) is 5.82 Å². The van der Waals surface area contributed by atoms with Crippen molar-refractivity contribution in [3.05, 3.63) is 18.0 Å². The Hall–Kier alpha value is -2.18. The van der Waals surface area contributed by atoms with E-state index in [0.29, 0.717) is 25.1 Å². The fourth-order valence-electron chi connectivity index (χ4n) is 1.87. The van der Waals surface area contributed by atoms with Crippen LogP contribution < -0.4 is 5.32 Å². The third-order valence-corrected chi connectivity index (χ3v) is 2.90. The maximum absolute atomic E-state index is 11.3. The lowest BCUT2D eigenvalue weighted by atomic mass is 10.2. The van der Waals surface area contributed by atoms with Gasteiger partial charge in [0.05, 0.1) is 6.61 Å². The van der Waals surface area contributed by atoms with Crippen LogP contribution in [0.25, 0.3) is 5.65 Å². The molecule has 0 saturated carbocycles. The van der Waals surface area contributed by atoms with E-state index in [9.17, 15) is 4.79 Å². The van der Waals surface area contributed by atoms with Gasteiger partial charge in [0.2, 0.25) is 0 Å². The van der Waals surface area contributed by atoms with Crippen molar-refractivity contribution in [2.45, 2.75) is 39.7 Å². The lowest BCUT2D eigenvalue weighted by molar-refractivity contribution is -0.143. The number of carbonyl (C=O) groups excluding carboxylic acids is 1.